The first-order valence-corrected chi connectivity index (χ1v) is 8.48. The highest BCUT2D eigenvalue weighted by molar-refractivity contribution is 9.10. The fourth-order valence-corrected chi connectivity index (χ4v) is 3.46. The molecule has 0 saturated heterocycles. The van der Waals surface area contributed by atoms with Crippen LogP contribution >= 0.6 is 27.3 Å². The number of carbonyl (C=O) groups is 1. The molecule has 0 bridgehead atoms. The summed E-state index contributed by atoms with van der Waals surface area (Å²) in [4.78, 5) is 20.7. The third-order valence-electron chi connectivity index (χ3n) is 3.27. The fraction of sp³-hybridized carbons (Fsp3) is 0.188. The number of pyridine rings is 1. The molecule has 0 aliphatic carbocycles. The maximum absolute atomic E-state index is 12.1. The van der Waals surface area contributed by atoms with E-state index in [1.54, 1.807) is 29.8 Å². The predicted molar refractivity (Wildman–Crippen MR) is 92.3 cm³/mol. The molecular weight excluding hydrogens is 362 g/mol. The Bertz CT molecular complexity index is 785. The summed E-state index contributed by atoms with van der Waals surface area (Å²) >= 11 is 4.99. The number of hydrogen-bond donors (Lipinski definition) is 1. The van der Waals surface area contributed by atoms with Crippen LogP contribution in [0, 0.1) is 0 Å². The van der Waals surface area contributed by atoms with Crippen LogP contribution in [0.25, 0.3) is 10.2 Å². The van der Waals surface area contributed by atoms with Gasteiger partial charge in [0.2, 0.25) is 0 Å². The first kappa shape index (κ1) is 15.1. The highest BCUT2D eigenvalue weighted by Gasteiger charge is 2.13. The van der Waals surface area contributed by atoms with Crippen molar-refractivity contribution in [3.63, 3.8) is 0 Å². The standard InChI is InChI=1S/C16H14BrN3OS/c1-10(16-20-13-4-2-3-5-14(13)22-16)7-19-15(21)11-6-12(17)9-18-8-11/h2-6,8-10H,7H2,1H3,(H,19,21). The van der Waals surface area contributed by atoms with Gasteiger partial charge >= 0.3 is 0 Å². The molecule has 2 aromatic heterocycles. The second-order valence-corrected chi connectivity index (χ2v) is 7.00. The normalized spacial score (nSPS) is 12.3. The maximum atomic E-state index is 12.1. The van der Waals surface area contributed by atoms with E-state index in [4.69, 9.17) is 0 Å². The molecule has 1 N–H and O–H groups in total. The van der Waals surface area contributed by atoms with Crippen LogP contribution in [0.15, 0.2) is 47.2 Å². The third kappa shape index (κ3) is 3.34. The van der Waals surface area contributed by atoms with Gasteiger partial charge < -0.3 is 5.32 Å². The van der Waals surface area contributed by atoms with Crippen molar-refractivity contribution in [2.24, 2.45) is 0 Å². The van der Waals surface area contributed by atoms with Crippen LogP contribution in [0.1, 0.15) is 28.2 Å². The average Bonchev–Trinajstić information content (AvgIpc) is 2.96. The van der Waals surface area contributed by atoms with Crippen LogP contribution < -0.4 is 5.32 Å². The number of fused-ring (bicyclic) bond motifs is 1. The number of nitrogens with one attached hydrogen (secondary N) is 1. The molecule has 3 aromatic rings. The molecule has 4 nitrogen and oxygen atoms in total. The van der Waals surface area contributed by atoms with Crippen molar-refractivity contribution in [2.75, 3.05) is 6.54 Å². The van der Waals surface area contributed by atoms with E-state index in [1.807, 2.05) is 18.2 Å². The summed E-state index contributed by atoms with van der Waals surface area (Å²) in [6.45, 7) is 2.61. The quantitative estimate of drug-likeness (QED) is 0.749. The van der Waals surface area contributed by atoms with Crippen molar-refractivity contribution in [3.05, 3.63) is 57.8 Å². The van der Waals surface area contributed by atoms with Crippen molar-refractivity contribution in [3.8, 4) is 0 Å². The number of amides is 1. The highest BCUT2D eigenvalue weighted by Crippen LogP contribution is 2.26. The Balaban J connectivity index is 1.66. The molecule has 0 aliphatic heterocycles. The van der Waals surface area contributed by atoms with Crippen LogP contribution in [0.2, 0.25) is 0 Å². The lowest BCUT2D eigenvalue weighted by atomic mass is 10.2. The Morgan fingerprint density at radius 2 is 2.18 bits per heavy atom. The summed E-state index contributed by atoms with van der Waals surface area (Å²) in [6, 6.07) is 9.82. The van der Waals surface area contributed by atoms with Gasteiger partial charge in [-0.15, -0.1) is 11.3 Å². The zero-order chi connectivity index (χ0) is 15.5. The van der Waals surface area contributed by atoms with Crippen molar-refractivity contribution < 1.29 is 4.79 Å². The van der Waals surface area contributed by atoms with Crippen molar-refractivity contribution in [2.45, 2.75) is 12.8 Å². The topological polar surface area (TPSA) is 54.9 Å². The van der Waals surface area contributed by atoms with E-state index in [2.05, 4.69) is 44.2 Å². The summed E-state index contributed by atoms with van der Waals surface area (Å²) in [5, 5.41) is 3.97. The van der Waals surface area contributed by atoms with Crippen molar-refractivity contribution in [1.29, 1.82) is 0 Å². The van der Waals surface area contributed by atoms with Crippen LogP contribution in [0.5, 0.6) is 0 Å². The Morgan fingerprint density at radius 3 is 2.95 bits per heavy atom. The number of para-hydroxylation sites is 1. The van der Waals surface area contributed by atoms with E-state index in [0.29, 0.717) is 12.1 Å². The Labute approximate surface area is 140 Å². The lowest BCUT2D eigenvalue weighted by molar-refractivity contribution is 0.0951. The summed E-state index contributed by atoms with van der Waals surface area (Å²) in [5.74, 6) is 0.0447. The van der Waals surface area contributed by atoms with Gasteiger partial charge in [0.25, 0.3) is 5.91 Å². The fourth-order valence-electron chi connectivity index (χ4n) is 2.07. The zero-order valence-corrected chi connectivity index (χ0v) is 14.3. The minimum atomic E-state index is -0.123. The Morgan fingerprint density at radius 1 is 1.36 bits per heavy atom. The van der Waals surface area contributed by atoms with Crippen molar-refractivity contribution >= 4 is 43.4 Å². The lowest BCUT2D eigenvalue weighted by Gasteiger charge is -2.10. The maximum Gasteiger partial charge on any atom is 0.252 e. The van der Waals surface area contributed by atoms with E-state index >= 15 is 0 Å². The molecule has 2 heterocycles. The molecule has 1 amide bonds. The molecular formula is C16H14BrN3OS. The predicted octanol–water partition coefficient (Wildman–Crippen LogP) is 3.99. The van der Waals surface area contributed by atoms with Gasteiger partial charge in [0.05, 0.1) is 20.8 Å². The van der Waals surface area contributed by atoms with Crippen LogP contribution in [-0.4, -0.2) is 22.4 Å². The summed E-state index contributed by atoms with van der Waals surface area (Å²) in [7, 11) is 0. The van der Waals surface area contributed by atoms with Gasteiger partial charge in [0.1, 0.15) is 0 Å². The Hall–Kier alpha value is -1.79. The molecule has 0 saturated carbocycles. The number of benzene rings is 1. The van der Waals surface area contributed by atoms with E-state index in [9.17, 15) is 4.79 Å². The Kier molecular flexibility index (Phi) is 4.49. The molecule has 1 atom stereocenters. The molecule has 0 aliphatic rings. The molecule has 6 heteroatoms. The van der Waals surface area contributed by atoms with Crippen molar-refractivity contribution in [1.82, 2.24) is 15.3 Å². The van der Waals surface area contributed by atoms with Gasteiger partial charge in [0, 0.05) is 29.3 Å². The number of hydrogen-bond acceptors (Lipinski definition) is 4. The van der Waals surface area contributed by atoms with Crippen LogP contribution in [0.4, 0.5) is 0 Å². The monoisotopic (exact) mass is 375 g/mol. The number of halogens is 1. The molecule has 0 spiro atoms. The second kappa shape index (κ2) is 6.54. The van der Waals surface area contributed by atoms with E-state index in [-0.39, 0.29) is 11.8 Å². The molecule has 0 radical (unpaired) electrons. The van der Waals surface area contributed by atoms with Gasteiger partial charge in [-0.2, -0.15) is 0 Å². The number of aromatic nitrogens is 2. The number of nitrogens with zero attached hydrogens (tertiary/aromatic N) is 2. The van der Waals surface area contributed by atoms with E-state index < -0.39 is 0 Å². The van der Waals surface area contributed by atoms with Gasteiger partial charge in [-0.05, 0) is 34.1 Å². The van der Waals surface area contributed by atoms with Gasteiger partial charge in [-0.3, -0.25) is 9.78 Å². The average molecular weight is 376 g/mol. The second-order valence-electron chi connectivity index (χ2n) is 5.02. The SMILES string of the molecule is CC(CNC(=O)c1cncc(Br)c1)c1nc2ccccc2s1. The van der Waals surface area contributed by atoms with Gasteiger partial charge in [0.15, 0.2) is 0 Å². The van der Waals surface area contributed by atoms with Gasteiger partial charge in [-0.25, -0.2) is 4.98 Å². The molecule has 1 unspecified atom stereocenters. The number of rotatable bonds is 4. The first-order valence-electron chi connectivity index (χ1n) is 6.87. The minimum absolute atomic E-state index is 0.123. The molecule has 1 aromatic carbocycles. The zero-order valence-electron chi connectivity index (χ0n) is 11.9. The third-order valence-corrected chi connectivity index (χ3v) is 4.97. The van der Waals surface area contributed by atoms with E-state index in [0.717, 1.165) is 15.0 Å². The lowest BCUT2D eigenvalue weighted by Crippen LogP contribution is -2.27. The molecule has 3 rings (SSSR count). The van der Waals surface area contributed by atoms with E-state index in [1.165, 1.54) is 4.70 Å². The van der Waals surface area contributed by atoms with Crippen LogP contribution in [-0.2, 0) is 0 Å². The number of thiazole rings is 1. The first-order chi connectivity index (χ1) is 10.6. The van der Waals surface area contributed by atoms with Gasteiger partial charge in [-0.1, -0.05) is 19.1 Å². The smallest absolute Gasteiger partial charge is 0.252 e. The minimum Gasteiger partial charge on any atom is -0.351 e. The summed E-state index contributed by atoms with van der Waals surface area (Å²) < 4.78 is 1.96. The van der Waals surface area contributed by atoms with Crippen LogP contribution in [0.3, 0.4) is 0 Å². The highest BCUT2D eigenvalue weighted by atomic mass is 79.9. The molecule has 0 fully saturated rings. The summed E-state index contributed by atoms with van der Waals surface area (Å²) in [5.41, 5.74) is 1.56. The number of carbonyl (C=O) groups excluding carboxylic acids is 1. The molecule has 22 heavy (non-hydrogen) atoms. The largest absolute Gasteiger partial charge is 0.351 e. The molecule has 112 valence electrons. The summed E-state index contributed by atoms with van der Waals surface area (Å²) in [6.07, 6.45) is 3.21.